The van der Waals surface area contributed by atoms with Gasteiger partial charge in [-0.25, -0.2) is 40.7 Å². The minimum absolute atomic E-state index is 0.167. The van der Waals surface area contributed by atoms with Crippen molar-refractivity contribution in [2.75, 3.05) is 13.7 Å². The summed E-state index contributed by atoms with van der Waals surface area (Å²) >= 11 is 0. The molecule has 1 unspecified atom stereocenters. The Kier molecular flexibility index (Phi) is 7.67. The zero-order valence-corrected chi connectivity index (χ0v) is 18.0. The van der Waals surface area contributed by atoms with E-state index >= 15 is 0 Å². The molecule has 2 aromatic carbocycles. The predicted octanol–water partition coefficient (Wildman–Crippen LogP) is 3.39. The molecule has 1 heterocycles. The Morgan fingerprint density at radius 1 is 1.03 bits per heavy atom. The lowest BCUT2D eigenvalue weighted by molar-refractivity contribution is -0.186. The van der Waals surface area contributed by atoms with Gasteiger partial charge in [-0.1, -0.05) is 12.1 Å². The van der Waals surface area contributed by atoms with Gasteiger partial charge in [-0.05, 0) is 30.5 Å². The maximum atomic E-state index is 14.0. The molecule has 0 aromatic heterocycles. The molecule has 13 heteroatoms. The molecule has 0 aliphatic carbocycles. The summed E-state index contributed by atoms with van der Waals surface area (Å²) in [4.78, 5) is 15.4. The Hall–Kier alpha value is -2.61. The number of hydrogen-bond acceptors (Lipinski definition) is 5. The Bertz CT molecular complexity index is 1110. The van der Waals surface area contributed by atoms with Crippen LogP contribution in [0.5, 0.6) is 0 Å². The van der Waals surface area contributed by atoms with Crippen LogP contribution < -0.4 is 5.48 Å². The number of halogens is 5. The number of ether oxygens (including phenoxy) is 1. The van der Waals surface area contributed by atoms with E-state index < -0.39 is 62.7 Å². The Balaban J connectivity index is 1.70. The van der Waals surface area contributed by atoms with Gasteiger partial charge in [0.05, 0.1) is 0 Å². The third kappa shape index (κ3) is 5.32. The fraction of sp³-hybridized carbons (Fsp3) is 0.350. The Morgan fingerprint density at radius 2 is 1.61 bits per heavy atom. The van der Waals surface area contributed by atoms with E-state index in [1.54, 1.807) is 0 Å². The molecular weight excluding hydrogens is 475 g/mol. The van der Waals surface area contributed by atoms with Crippen molar-refractivity contribution in [3.05, 3.63) is 64.5 Å². The molecule has 3 rings (SSSR count). The molecule has 1 saturated heterocycles. The molecule has 0 spiro atoms. The second kappa shape index (κ2) is 10.1. The minimum Gasteiger partial charge on any atom is -0.350 e. The summed E-state index contributed by atoms with van der Waals surface area (Å²) in [6.45, 7) is 0.0484. The molecule has 1 aliphatic rings. The van der Waals surface area contributed by atoms with Gasteiger partial charge < -0.3 is 4.74 Å². The summed E-state index contributed by atoms with van der Waals surface area (Å²) in [7, 11) is -4.18. The number of carbonyl (C=O) groups is 1. The van der Waals surface area contributed by atoms with Crippen LogP contribution in [-0.2, 0) is 26.1 Å². The molecule has 0 bridgehead atoms. The highest BCUT2D eigenvalue weighted by molar-refractivity contribution is 7.89. The average molecular weight is 494 g/mol. The van der Waals surface area contributed by atoms with Crippen LogP contribution in [0.1, 0.15) is 35.2 Å². The molecule has 2 aromatic rings. The van der Waals surface area contributed by atoms with Crippen LogP contribution in [0.15, 0.2) is 29.2 Å². The van der Waals surface area contributed by atoms with Gasteiger partial charge in [0.1, 0.15) is 0 Å². The second-order valence-corrected chi connectivity index (χ2v) is 9.18. The zero-order chi connectivity index (χ0) is 24.3. The SMILES string of the molecule is CN(Cc1ccc(C(=O)NOC2CCCCO2)cc1)S(=O)(=O)c1c(F)c(F)c(F)c(F)c1F. The fourth-order valence-electron chi connectivity index (χ4n) is 3.05. The lowest BCUT2D eigenvalue weighted by Crippen LogP contribution is -2.33. The van der Waals surface area contributed by atoms with Gasteiger partial charge in [0.2, 0.25) is 15.8 Å². The van der Waals surface area contributed by atoms with Gasteiger partial charge in [-0.15, -0.1) is 0 Å². The van der Waals surface area contributed by atoms with E-state index in [2.05, 4.69) is 5.48 Å². The van der Waals surface area contributed by atoms with Crippen molar-refractivity contribution in [2.24, 2.45) is 0 Å². The molecule has 1 atom stereocenters. The highest BCUT2D eigenvalue weighted by Gasteiger charge is 2.35. The molecular formula is C20H19F5N2O5S. The number of hydrogen-bond donors (Lipinski definition) is 1. The number of carbonyl (C=O) groups excluding carboxylic acids is 1. The molecule has 1 fully saturated rings. The number of nitrogens with one attached hydrogen (secondary N) is 1. The van der Waals surface area contributed by atoms with Gasteiger partial charge >= 0.3 is 0 Å². The second-order valence-electron chi connectivity index (χ2n) is 7.20. The maximum absolute atomic E-state index is 14.0. The van der Waals surface area contributed by atoms with E-state index in [1.807, 2.05) is 0 Å². The summed E-state index contributed by atoms with van der Waals surface area (Å²) in [6.07, 6.45) is 1.88. The summed E-state index contributed by atoms with van der Waals surface area (Å²) in [5.41, 5.74) is 2.69. The summed E-state index contributed by atoms with van der Waals surface area (Å²) in [6, 6.07) is 5.40. The van der Waals surface area contributed by atoms with Crippen LogP contribution in [0.25, 0.3) is 0 Å². The number of benzene rings is 2. The molecule has 0 saturated carbocycles. The number of sulfonamides is 1. The van der Waals surface area contributed by atoms with Crippen LogP contribution in [0, 0.1) is 29.1 Å². The van der Waals surface area contributed by atoms with Crippen molar-refractivity contribution >= 4 is 15.9 Å². The Morgan fingerprint density at radius 3 is 2.15 bits per heavy atom. The lowest BCUT2D eigenvalue weighted by atomic mass is 10.1. The Labute approximate surface area is 186 Å². The predicted molar refractivity (Wildman–Crippen MR) is 103 cm³/mol. The van der Waals surface area contributed by atoms with Crippen molar-refractivity contribution in [1.82, 2.24) is 9.79 Å². The van der Waals surface area contributed by atoms with E-state index in [9.17, 15) is 35.2 Å². The lowest BCUT2D eigenvalue weighted by Gasteiger charge is -2.22. The number of nitrogens with zero attached hydrogens (tertiary/aromatic N) is 1. The van der Waals surface area contributed by atoms with E-state index in [1.165, 1.54) is 24.3 Å². The molecule has 1 aliphatic heterocycles. The van der Waals surface area contributed by atoms with Gasteiger partial charge in [0, 0.05) is 32.2 Å². The third-order valence-corrected chi connectivity index (χ3v) is 6.70. The average Bonchev–Trinajstić information content (AvgIpc) is 2.81. The van der Waals surface area contributed by atoms with Gasteiger partial charge in [0.15, 0.2) is 34.5 Å². The first-order valence-electron chi connectivity index (χ1n) is 9.68. The van der Waals surface area contributed by atoms with Gasteiger partial charge in [0.25, 0.3) is 5.91 Å². The van der Waals surface area contributed by atoms with Gasteiger partial charge in [-0.3, -0.25) is 4.79 Å². The van der Waals surface area contributed by atoms with Crippen LogP contribution >= 0.6 is 0 Å². The minimum atomic E-state index is -5.08. The van der Waals surface area contributed by atoms with Gasteiger partial charge in [-0.2, -0.15) is 4.31 Å². The number of hydroxylamine groups is 1. The van der Waals surface area contributed by atoms with Crippen LogP contribution in [-0.4, -0.2) is 38.6 Å². The third-order valence-electron chi connectivity index (χ3n) is 4.88. The molecule has 1 N–H and O–H groups in total. The van der Waals surface area contributed by atoms with E-state index in [4.69, 9.17) is 9.57 Å². The van der Waals surface area contributed by atoms with Crippen LogP contribution in [0.3, 0.4) is 0 Å². The largest absolute Gasteiger partial charge is 0.350 e. The van der Waals surface area contributed by atoms with Crippen LogP contribution in [0.4, 0.5) is 22.0 Å². The monoisotopic (exact) mass is 494 g/mol. The van der Waals surface area contributed by atoms with Crippen molar-refractivity contribution in [3.8, 4) is 0 Å². The standard InChI is InChI=1S/C20H19F5N2O5S/c1-27(33(29,30)19-17(24)15(22)14(21)16(23)18(19)25)10-11-5-7-12(8-6-11)20(28)26-32-13-4-2-3-9-31-13/h5-8,13H,2-4,9-10H2,1H3,(H,26,28). The van der Waals surface area contributed by atoms with E-state index in [0.29, 0.717) is 17.3 Å². The first-order valence-corrected chi connectivity index (χ1v) is 11.1. The normalized spacial score (nSPS) is 16.8. The van der Waals surface area contributed by atoms with Crippen molar-refractivity contribution < 1.29 is 44.7 Å². The number of rotatable bonds is 7. The van der Waals surface area contributed by atoms with E-state index in [-0.39, 0.29) is 11.1 Å². The molecule has 0 radical (unpaired) electrons. The van der Waals surface area contributed by atoms with Crippen molar-refractivity contribution in [2.45, 2.75) is 37.0 Å². The number of amides is 1. The molecule has 33 heavy (non-hydrogen) atoms. The maximum Gasteiger partial charge on any atom is 0.274 e. The van der Waals surface area contributed by atoms with Crippen molar-refractivity contribution in [1.29, 1.82) is 0 Å². The quantitative estimate of drug-likeness (QED) is 0.276. The molecule has 7 nitrogen and oxygen atoms in total. The summed E-state index contributed by atoms with van der Waals surface area (Å²) < 4.78 is 98.7. The highest BCUT2D eigenvalue weighted by atomic mass is 32.2. The van der Waals surface area contributed by atoms with Crippen LogP contribution in [0.2, 0.25) is 0 Å². The van der Waals surface area contributed by atoms with Crippen molar-refractivity contribution in [3.63, 3.8) is 0 Å². The summed E-state index contributed by atoms with van der Waals surface area (Å²) in [5.74, 6) is -12.7. The van der Waals surface area contributed by atoms with E-state index in [0.717, 1.165) is 19.9 Å². The zero-order valence-electron chi connectivity index (χ0n) is 17.2. The smallest absolute Gasteiger partial charge is 0.274 e. The topological polar surface area (TPSA) is 84.9 Å². The summed E-state index contributed by atoms with van der Waals surface area (Å²) in [5, 5.41) is 0. The highest BCUT2D eigenvalue weighted by Crippen LogP contribution is 2.29. The molecule has 1 amide bonds. The first kappa shape index (κ1) is 25.0. The fourth-order valence-corrected chi connectivity index (χ4v) is 4.32. The molecule has 180 valence electrons. The first-order chi connectivity index (χ1) is 15.5.